The predicted molar refractivity (Wildman–Crippen MR) is 78.7 cm³/mol. The minimum Gasteiger partial charge on any atom is -0.339 e. The van der Waals surface area contributed by atoms with Crippen LogP contribution >= 0.6 is 11.6 Å². The van der Waals surface area contributed by atoms with Crippen LogP contribution in [0.5, 0.6) is 0 Å². The molecular weight excluding hydrogens is 328 g/mol. The maximum absolute atomic E-state index is 12.0. The summed E-state index contributed by atoms with van der Waals surface area (Å²) in [5.41, 5.74) is 0.382. The number of β-lactam (4-membered cyclic amide) rings is 1. The summed E-state index contributed by atoms with van der Waals surface area (Å²) < 4.78 is 0. The summed E-state index contributed by atoms with van der Waals surface area (Å²) in [4.78, 5) is 60.5. The molecule has 2 aromatic heterocycles. The molecule has 2 aromatic rings. The van der Waals surface area contributed by atoms with Crippen molar-refractivity contribution in [2.75, 3.05) is 5.43 Å². The summed E-state index contributed by atoms with van der Waals surface area (Å²) in [6.45, 7) is 2.32. The van der Waals surface area contributed by atoms with Gasteiger partial charge in [-0.3, -0.25) is 29.6 Å². The highest BCUT2D eigenvalue weighted by Crippen LogP contribution is 2.38. The number of carbonyl (C=O) groups is 3. The zero-order valence-corrected chi connectivity index (χ0v) is 12.8. The molecule has 1 aliphatic heterocycles. The Labute approximate surface area is 133 Å². The predicted octanol–water partition coefficient (Wildman–Crippen LogP) is -0.661. The molecule has 0 radical (unpaired) electrons. The topological polar surface area (TPSA) is 141 Å². The molecule has 0 aromatic carbocycles. The minimum absolute atomic E-state index is 0.114. The number of nitrogens with zero attached hydrogens (tertiary/aromatic N) is 3. The Hall–Kier alpha value is -2.75. The lowest BCUT2D eigenvalue weighted by Crippen LogP contribution is -2.80. The quantitative estimate of drug-likeness (QED) is 0.381. The number of ketones is 2. The van der Waals surface area contributed by atoms with Gasteiger partial charge in [0.15, 0.2) is 28.1 Å². The van der Waals surface area contributed by atoms with E-state index in [1.807, 2.05) is 0 Å². The van der Waals surface area contributed by atoms with E-state index in [4.69, 9.17) is 11.6 Å². The fourth-order valence-electron chi connectivity index (χ4n) is 2.58. The largest absolute Gasteiger partial charge is 0.339 e. The van der Waals surface area contributed by atoms with Crippen LogP contribution in [0.2, 0.25) is 0 Å². The van der Waals surface area contributed by atoms with Crippen molar-refractivity contribution in [1.29, 1.82) is 0 Å². The van der Waals surface area contributed by atoms with Crippen molar-refractivity contribution in [2.45, 2.75) is 24.8 Å². The van der Waals surface area contributed by atoms with E-state index in [2.05, 4.69) is 25.4 Å². The molecular formula is C12H11ClN6O4. The molecule has 0 bridgehead atoms. The summed E-state index contributed by atoms with van der Waals surface area (Å²) in [6.07, 6.45) is 1.29. The second-order valence-corrected chi connectivity index (χ2v) is 5.48. The Kier molecular flexibility index (Phi) is 3.22. The second kappa shape index (κ2) is 4.88. The van der Waals surface area contributed by atoms with Crippen molar-refractivity contribution < 1.29 is 14.4 Å². The van der Waals surface area contributed by atoms with Crippen LogP contribution in [0.15, 0.2) is 11.1 Å². The molecule has 23 heavy (non-hydrogen) atoms. The number of anilines is 1. The molecule has 0 spiro atoms. The van der Waals surface area contributed by atoms with Gasteiger partial charge in [-0.2, -0.15) is 4.98 Å². The zero-order chi connectivity index (χ0) is 16.9. The van der Waals surface area contributed by atoms with Gasteiger partial charge in [0, 0.05) is 0 Å². The third-order valence-electron chi connectivity index (χ3n) is 3.74. The van der Waals surface area contributed by atoms with Crippen LogP contribution in [-0.2, 0) is 14.4 Å². The number of amides is 1. The summed E-state index contributed by atoms with van der Waals surface area (Å²) in [7, 11) is 0. The number of fused-ring (bicyclic) bond motifs is 1. The fourth-order valence-corrected chi connectivity index (χ4v) is 3.08. The van der Waals surface area contributed by atoms with E-state index in [-0.39, 0.29) is 17.1 Å². The van der Waals surface area contributed by atoms with E-state index in [1.165, 1.54) is 6.33 Å². The van der Waals surface area contributed by atoms with Crippen LogP contribution in [0, 0.1) is 0 Å². The van der Waals surface area contributed by atoms with Crippen molar-refractivity contribution in [3.05, 3.63) is 16.7 Å². The van der Waals surface area contributed by atoms with Gasteiger partial charge in [0.2, 0.25) is 11.5 Å². The molecule has 10 nitrogen and oxygen atoms in total. The van der Waals surface area contributed by atoms with Crippen molar-refractivity contribution >= 4 is 46.2 Å². The van der Waals surface area contributed by atoms with Gasteiger partial charge in [0.1, 0.15) is 0 Å². The van der Waals surface area contributed by atoms with Gasteiger partial charge in [0.25, 0.3) is 11.5 Å². The number of carbonyl (C=O) groups excluding carboxylic acids is 3. The smallest absolute Gasteiger partial charge is 0.278 e. The monoisotopic (exact) mass is 338 g/mol. The SMILES string of the molecule is CC(=O)C1(C(C)=O)C(Cl)C(=O)N1Nc1nc2nc[nH]c2c(=O)[nH]1. The standard InChI is InChI=1S/C12H11ClN6O4/c1-4(20)12(5(2)21)7(13)10(23)19(12)18-11-16-8-6(9(22)17-11)14-3-15-8/h3,7H,1-2H3,(H3,14,15,16,17,18,22). The maximum Gasteiger partial charge on any atom is 0.278 e. The van der Waals surface area contributed by atoms with Gasteiger partial charge in [0.05, 0.1) is 6.33 Å². The Balaban J connectivity index is 2.03. The molecule has 1 unspecified atom stereocenters. The molecule has 1 atom stereocenters. The van der Waals surface area contributed by atoms with Gasteiger partial charge >= 0.3 is 0 Å². The van der Waals surface area contributed by atoms with Crippen LogP contribution in [0.1, 0.15) is 13.8 Å². The lowest BCUT2D eigenvalue weighted by atomic mass is 9.78. The first-order chi connectivity index (χ1) is 10.8. The molecule has 3 rings (SSSR count). The number of hydrogen-bond acceptors (Lipinski definition) is 7. The number of H-pyrrole nitrogens is 2. The van der Waals surface area contributed by atoms with Crippen LogP contribution < -0.4 is 11.0 Å². The number of hydrogen-bond donors (Lipinski definition) is 3. The molecule has 1 aliphatic rings. The van der Waals surface area contributed by atoms with E-state index < -0.39 is 33.9 Å². The van der Waals surface area contributed by atoms with Crippen molar-refractivity contribution in [1.82, 2.24) is 24.9 Å². The first-order valence-corrected chi connectivity index (χ1v) is 6.94. The van der Waals surface area contributed by atoms with E-state index in [0.717, 1.165) is 18.9 Å². The van der Waals surface area contributed by atoms with Crippen LogP contribution in [0.3, 0.4) is 0 Å². The third-order valence-corrected chi connectivity index (χ3v) is 4.25. The van der Waals surface area contributed by atoms with Crippen molar-refractivity contribution in [3.63, 3.8) is 0 Å². The number of aromatic nitrogens is 4. The number of aromatic amines is 2. The van der Waals surface area contributed by atoms with Gasteiger partial charge in [-0.25, -0.2) is 9.99 Å². The lowest BCUT2D eigenvalue weighted by Gasteiger charge is -2.51. The zero-order valence-electron chi connectivity index (χ0n) is 12.0. The number of hydrazine groups is 1. The minimum atomic E-state index is -1.84. The summed E-state index contributed by atoms with van der Waals surface area (Å²) in [6, 6.07) is 0. The number of alkyl halides is 1. The highest BCUT2D eigenvalue weighted by atomic mass is 35.5. The molecule has 1 saturated heterocycles. The Morgan fingerprint density at radius 1 is 1.35 bits per heavy atom. The maximum atomic E-state index is 12.0. The third kappa shape index (κ3) is 1.88. The first kappa shape index (κ1) is 15.2. The second-order valence-electron chi connectivity index (χ2n) is 5.04. The van der Waals surface area contributed by atoms with Crippen LogP contribution in [-0.4, -0.2) is 53.3 Å². The molecule has 3 heterocycles. The Bertz CT molecular complexity index is 888. The molecule has 120 valence electrons. The van der Waals surface area contributed by atoms with Gasteiger partial charge in [-0.05, 0) is 13.8 Å². The summed E-state index contributed by atoms with van der Waals surface area (Å²) in [5, 5.41) is -0.530. The number of imidazole rings is 1. The fraction of sp³-hybridized carbons (Fsp3) is 0.333. The number of rotatable bonds is 4. The Morgan fingerprint density at radius 3 is 2.61 bits per heavy atom. The highest BCUT2D eigenvalue weighted by molar-refractivity contribution is 6.42. The van der Waals surface area contributed by atoms with Crippen molar-refractivity contribution in [2.24, 2.45) is 0 Å². The molecule has 3 N–H and O–H groups in total. The normalized spacial score (nSPS) is 19.5. The molecule has 1 fully saturated rings. The van der Waals surface area contributed by atoms with Crippen molar-refractivity contribution in [3.8, 4) is 0 Å². The number of nitrogens with one attached hydrogen (secondary N) is 3. The van der Waals surface area contributed by atoms with Crippen LogP contribution in [0.25, 0.3) is 11.2 Å². The number of Topliss-reactive ketones (excluding diaryl/α,β-unsaturated/α-hetero) is 2. The lowest BCUT2D eigenvalue weighted by molar-refractivity contribution is -0.165. The summed E-state index contributed by atoms with van der Waals surface area (Å²) >= 11 is 5.90. The van der Waals surface area contributed by atoms with E-state index in [1.54, 1.807) is 0 Å². The molecule has 11 heteroatoms. The average molecular weight is 339 g/mol. The van der Waals surface area contributed by atoms with E-state index in [0.29, 0.717) is 0 Å². The van der Waals surface area contributed by atoms with E-state index in [9.17, 15) is 19.2 Å². The highest BCUT2D eigenvalue weighted by Gasteiger charge is 2.67. The molecule has 1 amide bonds. The Morgan fingerprint density at radius 2 is 2.00 bits per heavy atom. The van der Waals surface area contributed by atoms with Gasteiger partial charge in [-0.1, -0.05) is 0 Å². The molecule has 0 saturated carbocycles. The van der Waals surface area contributed by atoms with E-state index >= 15 is 0 Å². The van der Waals surface area contributed by atoms with Gasteiger partial charge < -0.3 is 4.98 Å². The molecule has 0 aliphatic carbocycles. The van der Waals surface area contributed by atoms with Gasteiger partial charge in [-0.15, -0.1) is 11.6 Å². The number of halogens is 1. The first-order valence-electron chi connectivity index (χ1n) is 6.50. The summed E-state index contributed by atoms with van der Waals surface area (Å²) in [5.74, 6) is -2.01. The average Bonchev–Trinajstić information content (AvgIpc) is 2.94. The van der Waals surface area contributed by atoms with Crippen LogP contribution in [0.4, 0.5) is 5.95 Å².